The second-order valence-electron chi connectivity index (χ2n) is 4.04. The van der Waals surface area contributed by atoms with Gasteiger partial charge in [-0.1, -0.05) is 30.3 Å². The van der Waals surface area contributed by atoms with E-state index in [1.54, 1.807) is 38.1 Å². The van der Waals surface area contributed by atoms with Crippen LogP contribution in [0.1, 0.15) is 19.4 Å². The molecular weight excluding hydrogens is 272 g/mol. The third-order valence-electron chi connectivity index (χ3n) is 2.52. The highest BCUT2D eigenvalue weighted by Crippen LogP contribution is 2.08. The van der Waals surface area contributed by atoms with Gasteiger partial charge >= 0.3 is 6.09 Å². The van der Waals surface area contributed by atoms with Crippen LogP contribution in [0, 0.1) is 0 Å². The summed E-state index contributed by atoms with van der Waals surface area (Å²) in [5.74, 6) is -0.664. The van der Waals surface area contributed by atoms with E-state index in [1.807, 2.05) is 6.07 Å². The number of likely N-dealkylation sites (N-methyl/N-ethyl adjacent to an activating group) is 1. The van der Waals surface area contributed by atoms with Gasteiger partial charge in [0.25, 0.3) is 5.91 Å². The molecule has 1 aromatic carbocycles. The molecule has 0 spiro atoms. The number of aldehydes is 1. The van der Waals surface area contributed by atoms with Gasteiger partial charge in [0.1, 0.15) is 0 Å². The van der Waals surface area contributed by atoms with Gasteiger partial charge in [-0.15, -0.1) is 0 Å². The number of nitrogens with zero attached hydrogens (tertiary/aromatic N) is 1. The molecule has 0 bridgehead atoms. The zero-order valence-corrected chi connectivity index (χ0v) is 12.0. The molecule has 0 saturated carbocycles. The average molecular weight is 290 g/mol. The number of hydroxylamine groups is 2. The lowest BCUT2D eigenvalue weighted by Gasteiger charge is -2.19. The molecule has 0 aliphatic rings. The van der Waals surface area contributed by atoms with E-state index in [4.69, 9.17) is 4.84 Å². The van der Waals surface area contributed by atoms with Crippen LogP contribution in [0.25, 0.3) is 6.08 Å². The minimum Gasteiger partial charge on any atom is -0.320 e. The molecule has 1 aromatic rings. The first-order chi connectivity index (χ1) is 10.1. The Morgan fingerprint density at radius 1 is 1.24 bits per heavy atom. The number of hydrogen-bond acceptors (Lipinski definition) is 4. The predicted molar refractivity (Wildman–Crippen MR) is 78.0 cm³/mol. The third kappa shape index (κ3) is 5.10. The summed E-state index contributed by atoms with van der Waals surface area (Å²) in [6.07, 6.45) is 1.15. The Labute approximate surface area is 123 Å². The standard InChI is InChI=1S/C15H18N2O4/c1-3-16-15(20)21-17(4-2)14(19)13(11-18)10-12-8-6-5-7-9-12/h5-11H,3-4H2,1-2H3,(H,16,20). The second-order valence-corrected chi connectivity index (χ2v) is 4.04. The van der Waals surface area contributed by atoms with E-state index in [1.165, 1.54) is 6.08 Å². The monoisotopic (exact) mass is 290 g/mol. The summed E-state index contributed by atoms with van der Waals surface area (Å²) >= 11 is 0. The zero-order valence-electron chi connectivity index (χ0n) is 12.0. The maximum absolute atomic E-state index is 12.2. The number of benzene rings is 1. The molecule has 0 heterocycles. The molecule has 112 valence electrons. The van der Waals surface area contributed by atoms with Gasteiger partial charge in [0.15, 0.2) is 6.29 Å². The topological polar surface area (TPSA) is 75.7 Å². The lowest BCUT2D eigenvalue weighted by Crippen LogP contribution is -2.38. The van der Waals surface area contributed by atoms with Crippen molar-refractivity contribution < 1.29 is 19.2 Å². The van der Waals surface area contributed by atoms with Crippen molar-refractivity contribution in [2.24, 2.45) is 0 Å². The lowest BCUT2D eigenvalue weighted by atomic mass is 10.1. The van der Waals surface area contributed by atoms with Crippen LogP contribution in [0.15, 0.2) is 35.9 Å². The predicted octanol–water partition coefficient (Wildman–Crippen LogP) is 1.78. The van der Waals surface area contributed by atoms with Crippen molar-refractivity contribution in [2.45, 2.75) is 13.8 Å². The summed E-state index contributed by atoms with van der Waals surface area (Å²) < 4.78 is 0. The van der Waals surface area contributed by atoms with Crippen molar-refractivity contribution in [3.63, 3.8) is 0 Å². The van der Waals surface area contributed by atoms with Gasteiger partial charge in [0, 0.05) is 6.54 Å². The maximum Gasteiger partial charge on any atom is 0.431 e. The highest BCUT2D eigenvalue weighted by atomic mass is 16.7. The van der Waals surface area contributed by atoms with Crippen LogP contribution < -0.4 is 5.32 Å². The molecule has 6 nitrogen and oxygen atoms in total. The molecule has 6 heteroatoms. The number of hydrogen-bond donors (Lipinski definition) is 1. The molecule has 21 heavy (non-hydrogen) atoms. The minimum atomic E-state index is -0.738. The van der Waals surface area contributed by atoms with E-state index in [0.717, 1.165) is 5.06 Å². The van der Waals surface area contributed by atoms with Gasteiger partial charge in [-0.25, -0.2) is 4.79 Å². The highest BCUT2D eigenvalue weighted by Gasteiger charge is 2.20. The van der Waals surface area contributed by atoms with Crippen molar-refractivity contribution in [3.05, 3.63) is 41.5 Å². The van der Waals surface area contributed by atoms with Gasteiger partial charge < -0.3 is 10.2 Å². The normalized spacial score (nSPS) is 10.7. The largest absolute Gasteiger partial charge is 0.431 e. The van der Waals surface area contributed by atoms with Gasteiger partial charge in [-0.2, -0.15) is 5.06 Å². The van der Waals surface area contributed by atoms with Crippen molar-refractivity contribution in [2.75, 3.05) is 13.1 Å². The fourth-order valence-electron chi connectivity index (χ4n) is 1.55. The van der Waals surface area contributed by atoms with Gasteiger partial charge in [0.05, 0.1) is 12.1 Å². The van der Waals surface area contributed by atoms with E-state index in [2.05, 4.69) is 5.32 Å². The molecule has 0 atom stereocenters. The molecule has 0 aliphatic carbocycles. The van der Waals surface area contributed by atoms with Gasteiger partial charge in [-0.05, 0) is 25.5 Å². The summed E-state index contributed by atoms with van der Waals surface area (Å²) in [4.78, 5) is 39.5. The van der Waals surface area contributed by atoms with E-state index in [-0.39, 0.29) is 12.1 Å². The van der Waals surface area contributed by atoms with Crippen molar-refractivity contribution in [1.82, 2.24) is 10.4 Å². The SMILES string of the molecule is CCNC(=O)ON(CC)C(=O)C(C=O)=Cc1ccccc1. The summed E-state index contributed by atoms with van der Waals surface area (Å²) in [6.45, 7) is 3.88. The molecule has 0 unspecified atom stereocenters. The van der Waals surface area contributed by atoms with Crippen LogP contribution in [0.5, 0.6) is 0 Å². The van der Waals surface area contributed by atoms with Gasteiger partial charge in [0.2, 0.25) is 0 Å². The Hall–Kier alpha value is -2.63. The first-order valence-corrected chi connectivity index (χ1v) is 6.61. The van der Waals surface area contributed by atoms with E-state index < -0.39 is 12.0 Å². The number of rotatable bonds is 5. The molecular formula is C15H18N2O4. The molecule has 0 saturated heterocycles. The van der Waals surface area contributed by atoms with Crippen LogP contribution >= 0.6 is 0 Å². The average Bonchev–Trinajstić information content (AvgIpc) is 2.51. The summed E-state index contributed by atoms with van der Waals surface area (Å²) in [5.41, 5.74) is 0.620. The first kappa shape index (κ1) is 16.4. The summed E-state index contributed by atoms with van der Waals surface area (Å²) in [5, 5.41) is 3.25. The Kier molecular flexibility index (Phi) is 6.67. The van der Waals surface area contributed by atoms with Crippen LogP contribution in [-0.2, 0) is 14.4 Å². The number of carbonyl (C=O) groups is 3. The zero-order chi connectivity index (χ0) is 15.7. The van der Waals surface area contributed by atoms with Crippen LogP contribution in [0.4, 0.5) is 4.79 Å². The molecule has 2 amide bonds. The fraction of sp³-hybridized carbons (Fsp3) is 0.267. The van der Waals surface area contributed by atoms with Crippen molar-refractivity contribution >= 4 is 24.4 Å². The Bertz CT molecular complexity index is 526. The second kappa shape index (κ2) is 8.52. The maximum atomic E-state index is 12.2. The first-order valence-electron chi connectivity index (χ1n) is 6.61. The van der Waals surface area contributed by atoms with Crippen LogP contribution in [0.2, 0.25) is 0 Å². The molecule has 1 N–H and O–H groups in total. The third-order valence-corrected chi connectivity index (χ3v) is 2.52. The fourth-order valence-corrected chi connectivity index (χ4v) is 1.55. The number of carbonyl (C=O) groups excluding carboxylic acids is 3. The van der Waals surface area contributed by atoms with E-state index in [0.29, 0.717) is 18.4 Å². The summed E-state index contributed by atoms with van der Waals surface area (Å²) in [7, 11) is 0. The molecule has 0 radical (unpaired) electrons. The lowest BCUT2D eigenvalue weighted by molar-refractivity contribution is -0.160. The van der Waals surface area contributed by atoms with Crippen molar-refractivity contribution in [1.29, 1.82) is 0 Å². The highest BCUT2D eigenvalue weighted by molar-refractivity contribution is 6.14. The Morgan fingerprint density at radius 3 is 2.43 bits per heavy atom. The Morgan fingerprint density at radius 2 is 1.90 bits per heavy atom. The smallest absolute Gasteiger partial charge is 0.320 e. The number of amides is 2. The van der Waals surface area contributed by atoms with E-state index >= 15 is 0 Å². The number of nitrogens with one attached hydrogen (secondary N) is 1. The van der Waals surface area contributed by atoms with Gasteiger partial charge in [-0.3, -0.25) is 9.59 Å². The van der Waals surface area contributed by atoms with Crippen LogP contribution in [0.3, 0.4) is 0 Å². The quantitative estimate of drug-likeness (QED) is 0.295. The van der Waals surface area contributed by atoms with Crippen molar-refractivity contribution in [3.8, 4) is 0 Å². The molecule has 0 fully saturated rings. The minimum absolute atomic E-state index is 0.0904. The molecule has 1 rings (SSSR count). The molecule has 0 aliphatic heterocycles. The van der Waals surface area contributed by atoms with E-state index in [9.17, 15) is 14.4 Å². The Balaban J connectivity index is 2.88. The molecule has 0 aromatic heterocycles. The van der Waals surface area contributed by atoms with Crippen LogP contribution in [-0.4, -0.2) is 36.4 Å². The summed E-state index contributed by atoms with van der Waals surface area (Å²) in [6, 6.07) is 8.94.